The minimum Gasteiger partial charge on any atom is -0.455 e. The van der Waals surface area contributed by atoms with Gasteiger partial charge >= 0.3 is 0 Å². The van der Waals surface area contributed by atoms with Crippen molar-refractivity contribution in [1.82, 2.24) is 4.98 Å². The van der Waals surface area contributed by atoms with Crippen molar-refractivity contribution >= 4 is 21.9 Å². The average molecular weight is 458 g/mol. The number of pyridine rings is 1. The molecule has 0 radical (unpaired) electrons. The summed E-state index contributed by atoms with van der Waals surface area (Å²) in [5.41, 5.74) is 7.48. The molecule has 2 heterocycles. The van der Waals surface area contributed by atoms with Gasteiger partial charge < -0.3 is 4.42 Å². The second-order valence-electron chi connectivity index (χ2n) is 10.4. The maximum absolute atomic E-state index is 9.26. The van der Waals surface area contributed by atoms with Crippen molar-refractivity contribution < 1.29 is 5.79 Å². The van der Waals surface area contributed by atoms with E-state index in [-0.39, 0.29) is 0 Å². The molecule has 0 spiro atoms. The van der Waals surface area contributed by atoms with Crippen LogP contribution >= 0.6 is 0 Å². The van der Waals surface area contributed by atoms with Gasteiger partial charge in [-0.05, 0) is 90.1 Å². The lowest BCUT2D eigenvalue weighted by Gasteiger charge is -2.34. The van der Waals surface area contributed by atoms with E-state index in [1.54, 1.807) is 6.07 Å². The predicted molar refractivity (Wildman–Crippen MR) is 142 cm³/mol. The Kier molecular flexibility index (Phi) is 4.91. The molecule has 1 saturated carbocycles. The van der Waals surface area contributed by atoms with Crippen LogP contribution in [0.15, 0.2) is 83.4 Å². The molecule has 0 aliphatic heterocycles. The van der Waals surface area contributed by atoms with Crippen molar-refractivity contribution in [3.05, 3.63) is 90.1 Å². The highest BCUT2D eigenvalue weighted by Gasteiger charge is 2.27. The van der Waals surface area contributed by atoms with E-state index in [0.29, 0.717) is 16.6 Å². The first-order valence-corrected chi connectivity index (χ1v) is 12.3. The lowest BCUT2D eigenvalue weighted by Crippen LogP contribution is -2.20. The highest BCUT2D eigenvalue weighted by molar-refractivity contribution is 6.09. The molecule has 3 heteroatoms. The fourth-order valence-corrected chi connectivity index (χ4v) is 5.24. The molecule has 0 N–H and O–H groups in total. The molecule has 1 aliphatic rings. The summed E-state index contributed by atoms with van der Waals surface area (Å²) >= 11 is 0. The Hall–Kier alpha value is -3.90. The van der Waals surface area contributed by atoms with Gasteiger partial charge in [0.15, 0.2) is 0 Å². The number of furan rings is 1. The smallest absolute Gasteiger partial charge is 0.144 e. The lowest BCUT2D eigenvalue weighted by molar-refractivity contribution is 0.224. The van der Waals surface area contributed by atoms with E-state index >= 15 is 0 Å². The minimum atomic E-state index is -0.486. The fraction of sp³-hybridized carbons (Fsp3) is 0.250. The van der Waals surface area contributed by atoms with Crippen LogP contribution in [-0.4, -0.2) is 4.98 Å². The van der Waals surface area contributed by atoms with Gasteiger partial charge in [0, 0.05) is 23.9 Å². The van der Waals surface area contributed by atoms with E-state index in [0.717, 1.165) is 70.0 Å². The number of hydrogen-bond donors (Lipinski definition) is 0. The van der Waals surface area contributed by atoms with Gasteiger partial charge in [-0.2, -0.15) is 5.26 Å². The molecule has 2 aromatic heterocycles. The Morgan fingerprint density at radius 2 is 1.74 bits per heavy atom. The van der Waals surface area contributed by atoms with Crippen molar-refractivity contribution in [2.24, 2.45) is 5.41 Å². The highest BCUT2D eigenvalue weighted by atomic mass is 16.3. The van der Waals surface area contributed by atoms with E-state index in [4.69, 9.17) is 5.79 Å². The zero-order chi connectivity index (χ0) is 24.9. The Morgan fingerprint density at radius 3 is 2.51 bits per heavy atom. The number of para-hydroxylation sites is 1. The molecule has 0 saturated heterocycles. The van der Waals surface area contributed by atoms with Gasteiger partial charge in [-0.1, -0.05) is 50.2 Å². The van der Waals surface area contributed by atoms with Crippen LogP contribution in [0.3, 0.4) is 0 Å². The summed E-state index contributed by atoms with van der Waals surface area (Å²) in [6.07, 6.45) is 5.85. The van der Waals surface area contributed by atoms with Crippen molar-refractivity contribution in [3.63, 3.8) is 0 Å². The van der Waals surface area contributed by atoms with Crippen LogP contribution in [0.25, 0.3) is 44.3 Å². The quantitative estimate of drug-likeness (QED) is 0.272. The van der Waals surface area contributed by atoms with Crippen LogP contribution in [0.1, 0.15) is 57.9 Å². The van der Waals surface area contributed by atoms with Gasteiger partial charge in [0.2, 0.25) is 0 Å². The van der Waals surface area contributed by atoms with Crippen LogP contribution in [0, 0.1) is 16.7 Å². The third kappa shape index (κ3) is 4.00. The molecule has 5 aromatic rings. The molecule has 6 rings (SSSR count). The van der Waals surface area contributed by atoms with Crippen LogP contribution in [-0.2, 0) is 0 Å². The molecule has 3 nitrogen and oxygen atoms in total. The van der Waals surface area contributed by atoms with Gasteiger partial charge in [-0.25, -0.2) is 0 Å². The van der Waals surface area contributed by atoms with Gasteiger partial charge in [-0.15, -0.1) is 0 Å². The maximum Gasteiger partial charge on any atom is 0.144 e. The monoisotopic (exact) mass is 457 g/mol. The highest BCUT2D eigenvalue weighted by Crippen LogP contribution is 2.43. The third-order valence-corrected chi connectivity index (χ3v) is 7.50. The molecular weight excluding hydrogens is 428 g/mol. The maximum atomic E-state index is 9.26. The second-order valence-corrected chi connectivity index (χ2v) is 10.4. The summed E-state index contributed by atoms with van der Waals surface area (Å²) in [7, 11) is 0. The molecular formula is C32H28N2O. The molecule has 1 fully saturated rings. The van der Waals surface area contributed by atoms with Crippen LogP contribution in [0.4, 0.5) is 0 Å². The molecule has 0 bridgehead atoms. The van der Waals surface area contributed by atoms with Crippen molar-refractivity contribution in [3.8, 4) is 28.5 Å². The zero-order valence-electron chi connectivity index (χ0n) is 21.1. The first-order chi connectivity index (χ1) is 17.4. The van der Waals surface area contributed by atoms with Crippen molar-refractivity contribution in [2.75, 3.05) is 0 Å². The minimum absolute atomic E-state index is 0.346. The first-order valence-electron chi connectivity index (χ1n) is 12.8. The predicted octanol–water partition coefficient (Wildman–Crippen LogP) is 8.87. The zero-order valence-corrected chi connectivity index (χ0v) is 20.1. The number of aromatic nitrogens is 1. The van der Waals surface area contributed by atoms with Crippen LogP contribution < -0.4 is 0 Å². The summed E-state index contributed by atoms with van der Waals surface area (Å²) in [6.45, 7) is 4.62. The van der Waals surface area contributed by atoms with Gasteiger partial charge in [0.1, 0.15) is 11.2 Å². The van der Waals surface area contributed by atoms with Crippen LogP contribution in [0.2, 0.25) is 0 Å². The van der Waals surface area contributed by atoms with Gasteiger partial charge in [0.25, 0.3) is 0 Å². The molecule has 0 amide bonds. The van der Waals surface area contributed by atoms with E-state index in [1.807, 2.05) is 42.6 Å². The summed E-state index contributed by atoms with van der Waals surface area (Å²) in [4.78, 5) is 4.66. The van der Waals surface area contributed by atoms with Crippen molar-refractivity contribution in [2.45, 2.75) is 45.4 Å². The topological polar surface area (TPSA) is 49.8 Å². The number of benzene rings is 3. The normalized spacial score (nSPS) is 17.2. The summed E-state index contributed by atoms with van der Waals surface area (Å²) in [5.74, 6) is -0.486. The Bertz CT molecular complexity index is 1630. The summed E-state index contributed by atoms with van der Waals surface area (Å²) in [5, 5.41) is 11.3. The number of fused-ring (bicyclic) bond motifs is 3. The number of hydrogen-bond acceptors (Lipinski definition) is 3. The lowest BCUT2D eigenvalue weighted by atomic mass is 9.71. The standard InChI is InChI=1S/C32H28N2O/c1-32(2)15-12-24(13-16-32)22-7-9-23(10-8-22)25-14-17-34-29(19-25)28-5-3-4-27-26-11-6-21(20-33)18-30(26)35-31(27)28/h3-11,14,17-19,24H,12-13,15-16H2,1-2H3/i24D. The molecule has 0 unspecified atom stereocenters. The SMILES string of the molecule is [2H]C1(c2ccc(-c3ccnc(-c4cccc5c4oc4cc(C#N)ccc45)c3)cc2)CCC(C)(C)CC1. The number of nitriles is 1. The molecule has 3 aromatic carbocycles. The summed E-state index contributed by atoms with van der Waals surface area (Å²) in [6, 6.07) is 26.5. The number of nitrogens with zero attached hydrogens (tertiary/aromatic N) is 2. The average Bonchev–Trinajstić information content (AvgIpc) is 3.28. The Labute approximate surface area is 207 Å². The third-order valence-electron chi connectivity index (χ3n) is 7.50. The van der Waals surface area contributed by atoms with E-state index in [9.17, 15) is 5.26 Å². The van der Waals surface area contributed by atoms with E-state index in [1.165, 1.54) is 0 Å². The van der Waals surface area contributed by atoms with Gasteiger partial charge in [0.05, 0.1) is 17.3 Å². The largest absolute Gasteiger partial charge is 0.455 e. The first kappa shape index (κ1) is 20.5. The van der Waals surface area contributed by atoms with E-state index in [2.05, 4.69) is 55.2 Å². The van der Waals surface area contributed by atoms with Crippen LogP contribution in [0.5, 0.6) is 0 Å². The molecule has 0 atom stereocenters. The number of rotatable bonds is 3. The molecule has 172 valence electrons. The van der Waals surface area contributed by atoms with E-state index < -0.39 is 5.89 Å². The fourth-order valence-electron chi connectivity index (χ4n) is 5.24. The van der Waals surface area contributed by atoms with Gasteiger partial charge in [-0.3, -0.25) is 4.98 Å². The Balaban J connectivity index is 1.35. The molecule has 35 heavy (non-hydrogen) atoms. The molecule has 1 aliphatic carbocycles. The second kappa shape index (κ2) is 8.40. The Morgan fingerprint density at radius 1 is 0.943 bits per heavy atom. The van der Waals surface area contributed by atoms with Crippen molar-refractivity contribution in [1.29, 1.82) is 5.26 Å². The summed E-state index contributed by atoms with van der Waals surface area (Å²) < 4.78 is 15.3.